The first kappa shape index (κ1) is 10.2. The summed E-state index contributed by atoms with van der Waals surface area (Å²) < 4.78 is 2.06. The fourth-order valence-electron chi connectivity index (χ4n) is 2.05. The zero-order valence-corrected chi connectivity index (χ0v) is 9.99. The van der Waals surface area contributed by atoms with Gasteiger partial charge in [0, 0.05) is 29.0 Å². The molecule has 0 bridgehead atoms. The molecule has 0 saturated heterocycles. The number of hydrogen-bond donors (Lipinski definition) is 2. The van der Waals surface area contributed by atoms with Gasteiger partial charge < -0.3 is 10.3 Å². The average Bonchev–Trinajstić information content (AvgIpc) is 2.85. The zero-order valence-electron chi connectivity index (χ0n) is 9.24. The van der Waals surface area contributed by atoms with Crippen molar-refractivity contribution in [3.8, 4) is 11.4 Å². The number of anilines is 1. The van der Waals surface area contributed by atoms with Gasteiger partial charge in [-0.25, -0.2) is 0 Å². The van der Waals surface area contributed by atoms with Gasteiger partial charge >= 0.3 is 0 Å². The first-order valence-corrected chi connectivity index (χ1v) is 5.60. The van der Waals surface area contributed by atoms with Gasteiger partial charge in [0.25, 0.3) is 0 Å². The van der Waals surface area contributed by atoms with E-state index in [1.807, 2.05) is 37.4 Å². The van der Waals surface area contributed by atoms with Gasteiger partial charge in [0.15, 0.2) is 0 Å². The number of nitrogens with two attached hydrogens (primary N) is 1. The standard InChI is InChI=1S/C12H11ClN4/c1-17-10-4-2-3-8(13)7(10)5-11(17)9-6-12(14)16-15-9/h2-6H,1H3,(H3,14,15,16). The van der Waals surface area contributed by atoms with Gasteiger partial charge in [-0.15, -0.1) is 0 Å². The minimum absolute atomic E-state index is 0.483. The van der Waals surface area contributed by atoms with Crippen LogP contribution < -0.4 is 5.73 Å². The van der Waals surface area contributed by atoms with Crippen LogP contribution in [0, 0.1) is 0 Å². The van der Waals surface area contributed by atoms with E-state index >= 15 is 0 Å². The predicted molar refractivity (Wildman–Crippen MR) is 69.9 cm³/mol. The maximum atomic E-state index is 6.17. The van der Waals surface area contributed by atoms with Crippen LogP contribution in [0.2, 0.25) is 5.02 Å². The van der Waals surface area contributed by atoms with Crippen molar-refractivity contribution in [3.05, 3.63) is 35.4 Å². The van der Waals surface area contributed by atoms with Gasteiger partial charge in [-0.3, -0.25) is 5.10 Å². The monoisotopic (exact) mass is 246 g/mol. The molecular weight excluding hydrogens is 236 g/mol. The number of halogens is 1. The molecule has 0 atom stereocenters. The summed E-state index contributed by atoms with van der Waals surface area (Å²) >= 11 is 6.17. The van der Waals surface area contributed by atoms with Gasteiger partial charge in [-0.1, -0.05) is 17.7 Å². The molecule has 0 spiro atoms. The second-order valence-electron chi connectivity index (χ2n) is 3.97. The second-order valence-corrected chi connectivity index (χ2v) is 4.37. The van der Waals surface area contributed by atoms with Crippen molar-refractivity contribution in [1.82, 2.24) is 14.8 Å². The third-order valence-corrected chi connectivity index (χ3v) is 3.24. The van der Waals surface area contributed by atoms with Crippen LogP contribution >= 0.6 is 11.6 Å². The number of H-pyrrole nitrogens is 1. The van der Waals surface area contributed by atoms with E-state index in [-0.39, 0.29) is 0 Å². The SMILES string of the molecule is Cn1c(-c2cc(N)n[nH]2)cc2c(Cl)cccc21. The van der Waals surface area contributed by atoms with Crippen LogP contribution in [0.15, 0.2) is 30.3 Å². The van der Waals surface area contributed by atoms with Crippen LogP contribution in [0.4, 0.5) is 5.82 Å². The Kier molecular flexibility index (Phi) is 2.12. The number of aromatic nitrogens is 3. The van der Waals surface area contributed by atoms with E-state index in [2.05, 4.69) is 14.8 Å². The molecular formula is C12H11ClN4. The van der Waals surface area contributed by atoms with Crippen molar-refractivity contribution in [2.24, 2.45) is 7.05 Å². The van der Waals surface area contributed by atoms with Crippen LogP contribution in [0.5, 0.6) is 0 Å². The topological polar surface area (TPSA) is 59.6 Å². The first-order chi connectivity index (χ1) is 8.16. The normalized spacial score (nSPS) is 11.2. The zero-order chi connectivity index (χ0) is 12.0. The lowest BCUT2D eigenvalue weighted by atomic mass is 10.2. The fourth-order valence-corrected chi connectivity index (χ4v) is 2.28. The molecule has 0 aliphatic heterocycles. The van der Waals surface area contributed by atoms with E-state index in [0.29, 0.717) is 5.82 Å². The van der Waals surface area contributed by atoms with Crippen LogP contribution in [0.25, 0.3) is 22.3 Å². The number of benzene rings is 1. The molecule has 2 aromatic heterocycles. The number of fused-ring (bicyclic) bond motifs is 1. The summed E-state index contributed by atoms with van der Waals surface area (Å²) in [6.07, 6.45) is 0. The Balaban J connectivity index is 2.31. The molecule has 0 radical (unpaired) electrons. The molecule has 0 aliphatic carbocycles. The Morgan fingerprint density at radius 1 is 1.35 bits per heavy atom. The molecule has 0 fully saturated rings. The van der Waals surface area contributed by atoms with Gasteiger partial charge in [-0.05, 0) is 18.2 Å². The molecule has 0 aliphatic rings. The lowest BCUT2D eigenvalue weighted by Gasteiger charge is -2.01. The molecule has 17 heavy (non-hydrogen) atoms. The van der Waals surface area contributed by atoms with Crippen LogP contribution in [0.3, 0.4) is 0 Å². The molecule has 3 N–H and O–H groups in total. The van der Waals surface area contributed by atoms with Crippen molar-refractivity contribution in [3.63, 3.8) is 0 Å². The van der Waals surface area contributed by atoms with Crippen molar-refractivity contribution in [1.29, 1.82) is 0 Å². The van der Waals surface area contributed by atoms with E-state index in [1.165, 1.54) is 0 Å². The quantitative estimate of drug-likeness (QED) is 0.694. The summed E-state index contributed by atoms with van der Waals surface area (Å²) in [6.45, 7) is 0. The molecule has 2 heterocycles. The molecule has 5 heteroatoms. The van der Waals surface area contributed by atoms with E-state index in [9.17, 15) is 0 Å². The number of aromatic amines is 1. The van der Waals surface area contributed by atoms with Gasteiger partial charge in [0.2, 0.25) is 0 Å². The molecule has 0 unspecified atom stereocenters. The molecule has 0 amide bonds. The van der Waals surface area contributed by atoms with Crippen molar-refractivity contribution in [2.45, 2.75) is 0 Å². The lowest BCUT2D eigenvalue weighted by Crippen LogP contribution is -1.91. The number of rotatable bonds is 1. The lowest BCUT2D eigenvalue weighted by molar-refractivity contribution is 0.964. The maximum absolute atomic E-state index is 6.17. The molecule has 1 aromatic carbocycles. The highest BCUT2D eigenvalue weighted by Crippen LogP contribution is 2.30. The molecule has 3 rings (SSSR count). The van der Waals surface area contributed by atoms with E-state index < -0.39 is 0 Å². The summed E-state index contributed by atoms with van der Waals surface area (Å²) in [5, 5.41) is 8.61. The van der Waals surface area contributed by atoms with Crippen LogP contribution in [-0.4, -0.2) is 14.8 Å². The van der Waals surface area contributed by atoms with Gasteiger partial charge in [-0.2, -0.15) is 5.10 Å². The third-order valence-electron chi connectivity index (χ3n) is 2.91. The van der Waals surface area contributed by atoms with E-state index in [4.69, 9.17) is 17.3 Å². The van der Waals surface area contributed by atoms with Crippen molar-refractivity contribution < 1.29 is 0 Å². The number of hydrogen-bond acceptors (Lipinski definition) is 2. The molecule has 3 aromatic rings. The Bertz CT molecular complexity index is 696. The van der Waals surface area contributed by atoms with Gasteiger partial charge in [0.05, 0.1) is 11.4 Å². The highest BCUT2D eigenvalue weighted by Gasteiger charge is 2.11. The van der Waals surface area contributed by atoms with Gasteiger partial charge in [0.1, 0.15) is 5.82 Å². The summed E-state index contributed by atoms with van der Waals surface area (Å²) in [7, 11) is 1.99. The summed E-state index contributed by atoms with van der Waals surface area (Å²) in [5.41, 5.74) is 8.59. The highest BCUT2D eigenvalue weighted by atomic mass is 35.5. The second kappa shape index (κ2) is 3.53. The van der Waals surface area contributed by atoms with Crippen molar-refractivity contribution >= 4 is 28.3 Å². The molecule has 0 saturated carbocycles. The molecule has 4 nitrogen and oxygen atoms in total. The minimum atomic E-state index is 0.483. The number of nitrogens with one attached hydrogen (secondary N) is 1. The maximum Gasteiger partial charge on any atom is 0.145 e. The fraction of sp³-hybridized carbons (Fsp3) is 0.0833. The first-order valence-electron chi connectivity index (χ1n) is 5.22. The Hall–Kier alpha value is -1.94. The highest BCUT2D eigenvalue weighted by molar-refractivity contribution is 6.35. The summed E-state index contributed by atoms with van der Waals surface area (Å²) in [5.74, 6) is 0.483. The number of aryl methyl sites for hydroxylation is 1. The van der Waals surface area contributed by atoms with Crippen molar-refractivity contribution in [2.75, 3.05) is 5.73 Å². The number of nitrogens with zero attached hydrogens (tertiary/aromatic N) is 2. The Morgan fingerprint density at radius 2 is 2.18 bits per heavy atom. The summed E-state index contributed by atoms with van der Waals surface area (Å²) in [6, 6.07) is 9.70. The Labute approximate surface area is 103 Å². The predicted octanol–water partition coefficient (Wildman–Crippen LogP) is 2.80. The molecule has 86 valence electrons. The van der Waals surface area contributed by atoms with Crippen LogP contribution in [-0.2, 0) is 7.05 Å². The van der Waals surface area contributed by atoms with Crippen LogP contribution in [0.1, 0.15) is 0 Å². The van der Waals surface area contributed by atoms with E-state index in [0.717, 1.165) is 27.3 Å². The third kappa shape index (κ3) is 1.49. The average molecular weight is 247 g/mol. The largest absolute Gasteiger partial charge is 0.382 e. The Morgan fingerprint density at radius 3 is 2.82 bits per heavy atom. The number of nitrogen functional groups attached to an aromatic ring is 1. The minimum Gasteiger partial charge on any atom is -0.382 e. The smallest absolute Gasteiger partial charge is 0.145 e. The van der Waals surface area contributed by atoms with E-state index in [1.54, 1.807) is 0 Å². The summed E-state index contributed by atoms with van der Waals surface area (Å²) in [4.78, 5) is 0.